The van der Waals surface area contributed by atoms with E-state index >= 15 is 0 Å². The minimum atomic E-state index is -4.63. The third-order valence-corrected chi connectivity index (χ3v) is 7.00. The van der Waals surface area contributed by atoms with Crippen molar-refractivity contribution in [1.82, 2.24) is 0 Å². The molecule has 0 spiro atoms. The van der Waals surface area contributed by atoms with Crippen LogP contribution in [-0.4, -0.2) is 32.6 Å². The first-order chi connectivity index (χ1) is 17.2. The zero-order valence-corrected chi connectivity index (χ0v) is 20.3. The number of carbonyl (C=O) groups is 2. The van der Waals surface area contributed by atoms with Gasteiger partial charge >= 0.3 is 6.18 Å². The minimum Gasteiger partial charge on any atom is -0.493 e. The predicted octanol–water partition coefficient (Wildman–Crippen LogP) is 5.93. The number of nitrogens with one attached hydrogen (secondary N) is 1. The maximum Gasteiger partial charge on any atom is 0.418 e. The highest BCUT2D eigenvalue weighted by molar-refractivity contribution is 7.99. The van der Waals surface area contributed by atoms with Crippen molar-refractivity contribution in [3.63, 3.8) is 0 Å². The van der Waals surface area contributed by atoms with E-state index in [-0.39, 0.29) is 23.3 Å². The third kappa shape index (κ3) is 5.43. The molecule has 6 nitrogen and oxygen atoms in total. The van der Waals surface area contributed by atoms with Gasteiger partial charge in [0.15, 0.2) is 11.5 Å². The topological polar surface area (TPSA) is 67.9 Å². The van der Waals surface area contributed by atoms with Crippen molar-refractivity contribution < 1.29 is 32.2 Å². The summed E-state index contributed by atoms with van der Waals surface area (Å²) in [6, 6.07) is 17.3. The van der Waals surface area contributed by atoms with Gasteiger partial charge in [0.1, 0.15) is 6.54 Å². The third-order valence-electron chi connectivity index (χ3n) is 5.67. The Bertz CT molecular complexity index is 1280. The number of ether oxygens (including phenoxy) is 2. The molecule has 0 unspecified atom stereocenters. The van der Waals surface area contributed by atoms with Gasteiger partial charge in [0.2, 0.25) is 11.8 Å². The molecule has 0 radical (unpaired) electrons. The highest BCUT2D eigenvalue weighted by Gasteiger charge is 2.34. The zero-order valence-electron chi connectivity index (χ0n) is 19.5. The van der Waals surface area contributed by atoms with Gasteiger partial charge < -0.3 is 19.7 Å². The molecular weight excluding hydrogens is 493 g/mol. The van der Waals surface area contributed by atoms with Gasteiger partial charge in [0.05, 0.1) is 31.2 Å². The van der Waals surface area contributed by atoms with Gasteiger partial charge in [0, 0.05) is 16.6 Å². The van der Waals surface area contributed by atoms with Crippen LogP contribution in [0.3, 0.4) is 0 Å². The summed E-state index contributed by atoms with van der Waals surface area (Å²) >= 11 is 1.47. The number of benzene rings is 3. The number of methoxy groups -OCH3 is 2. The van der Waals surface area contributed by atoms with E-state index < -0.39 is 24.2 Å². The van der Waals surface area contributed by atoms with Crippen LogP contribution in [0.15, 0.2) is 71.6 Å². The Morgan fingerprint density at radius 1 is 1.03 bits per heavy atom. The Morgan fingerprint density at radius 3 is 2.44 bits per heavy atom. The van der Waals surface area contributed by atoms with E-state index in [0.717, 1.165) is 16.5 Å². The van der Waals surface area contributed by atoms with Crippen molar-refractivity contribution in [1.29, 1.82) is 0 Å². The monoisotopic (exact) mass is 516 g/mol. The van der Waals surface area contributed by atoms with Crippen LogP contribution in [0.25, 0.3) is 0 Å². The molecule has 3 aromatic carbocycles. The van der Waals surface area contributed by atoms with Crippen molar-refractivity contribution in [3.8, 4) is 11.5 Å². The van der Waals surface area contributed by atoms with Gasteiger partial charge in [-0.25, -0.2) is 0 Å². The lowest BCUT2D eigenvalue weighted by Crippen LogP contribution is -2.38. The van der Waals surface area contributed by atoms with Crippen molar-refractivity contribution >= 4 is 35.0 Å². The van der Waals surface area contributed by atoms with E-state index in [1.807, 2.05) is 24.3 Å². The average Bonchev–Trinajstić information content (AvgIpc) is 2.99. The highest BCUT2D eigenvalue weighted by atomic mass is 32.2. The van der Waals surface area contributed by atoms with Crippen molar-refractivity contribution in [3.05, 3.63) is 77.9 Å². The van der Waals surface area contributed by atoms with Crippen molar-refractivity contribution in [2.24, 2.45) is 0 Å². The molecule has 4 rings (SSSR count). The maximum absolute atomic E-state index is 13.3. The molecule has 0 saturated carbocycles. The number of hydrogen-bond acceptors (Lipinski definition) is 5. The van der Waals surface area contributed by atoms with E-state index in [1.54, 1.807) is 18.2 Å². The number of carbonyl (C=O) groups excluding carboxylic acids is 2. The van der Waals surface area contributed by atoms with Crippen LogP contribution >= 0.6 is 11.8 Å². The van der Waals surface area contributed by atoms with E-state index in [4.69, 9.17) is 9.47 Å². The molecule has 2 amide bonds. The summed E-state index contributed by atoms with van der Waals surface area (Å²) in [7, 11) is 3.06. The summed E-state index contributed by atoms with van der Waals surface area (Å²) in [5.74, 6) is 0.0279. The Hall–Kier alpha value is -3.66. The number of alkyl halides is 3. The van der Waals surface area contributed by atoms with Crippen LogP contribution in [-0.2, 0) is 15.8 Å². The van der Waals surface area contributed by atoms with Crippen molar-refractivity contribution in [2.75, 3.05) is 31.0 Å². The Morgan fingerprint density at radius 2 is 1.72 bits per heavy atom. The number of nitrogens with zero attached hydrogens (tertiary/aromatic N) is 1. The first-order valence-electron chi connectivity index (χ1n) is 10.9. The fourth-order valence-corrected chi connectivity index (χ4v) is 5.23. The fraction of sp³-hybridized carbons (Fsp3) is 0.231. The second-order valence-corrected chi connectivity index (χ2v) is 9.21. The molecule has 0 saturated heterocycles. The van der Waals surface area contributed by atoms with E-state index in [0.29, 0.717) is 17.2 Å². The Kier molecular flexibility index (Phi) is 7.44. The smallest absolute Gasteiger partial charge is 0.418 e. The molecule has 0 aromatic heterocycles. The predicted molar refractivity (Wildman–Crippen MR) is 132 cm³/mol. The van der Waals surface area contributed by atoms with Crippen LogP contribution in [0.1, 0.15) is 22.8 Å². The summed E-state index contributed by atoms with van der Waals surface area (Å²) in [4.78, 5) is 28.3. The second kappa shape index (κ2) is 10.5. The molecule has 0 aliphatic carbocycles. The number of para-hydroxylation sites is 2. The minimum absolute atomic E-state index is 0.0707. The molecule has 36 heavy (non-hydrogen) atoms. The Balaban J connectivity index is 1.60. The van der Waals surface area contributed by atoms with Gasteiger partial charge in [-0.1, -0.05) is 30.3 Å². The fourth-order valence-electron chi connectivity index (χ4n) is 3.96. The first-order valence-corrected chi connectivity index (χ1v) is 11.8. The summed E-state index contributed by atoms with van der Waals surface area (Å²) in [6.07, 6.45) is -4.56. The van der Waals surface area contributed by atoms with Gasteiger partial charge in [-0.15, -0.1) is 11.8 Å². The zero-order chi connectivity index (χ0) is 25.9. The molecule has 188 valence electrons. The van der Waals surface area contributed by atoms with Crippen LogP contribution in [0, 0.1) is 0 Å². The quantitative estimate of drug-likeness (QED) is 0.440. The van der Waals surface area contributed by atoms with Gasteiger partial charge in [-0.05, 0) is 42.0 Å². The molecule has 3 aromatic rings. The number of hydrogen-bond donors (Lipinski definition) is 1. The summed E-state index contributed by atoms with van der Waals surface area (Å²) < 4.78 is 50.7. The molecule has 1 N–H and O–H groups in total. The normalized spacial score (nSPS) is 15.6. The summed E-state index contributed by atoms with van der Waals surface area (Å²) in [5, 5.41) is 2.04. The molecular formula is C26H23F3N2O4S. The van der Waals surface area contributed by atoms with E-state index in [9.17, 15) is 22.8 Å². The molecule has 1 aliphatic heterocycles. The number of thioether (sulfide) groups is 1. The van der Waals surface area contributed by atoms with Crippen LogP contribution in [0.2, 0.25) is 0 Å². The number of anilines is 2. The largest absolute Gasteiger partial charge is 0.493 e. The second-order valence-electron chi connectivity index (χ2n) is 7.96. The lowest BCUT2D eigenvalue weighted by atomic mass is 10.1. The number of halogens is 3. The number of amides is 2. The molecule has 1 aliphatic rings. The lowest BCUT2D eigenvalue weighted by molar-refractivity contribution is -0.137. The van der Waals surface area contributed by atoms with Gasteiger partial charge in [-0.2, -0.15) is 13.2 Å². The van der Waals surface area contributed by atoms with E-state index in [1.165, 1.54) is 49.1 Å². The lowest BCUT2D eigenvalue weighted by Gasteiger charge is -2.22. The van der Waals surface area contributed by atoms with Gasteiger partial charge in [0.25, 0.3) is 0 Å². The van der Waals surface area contributed by atoms with Gasteiger partial charge in [-0.3, -0.25) is 9.59 Å². The molecule has 1 heterocycles. The first kappa shape index (κ1) is 25.4. The van der Waals surface area contributed by atoms with E-state index in [2.05, 4.69) is 5.32 Å². The number of rotatable bonds is 6. The molecule has 0 fully saturated rings. The molecule has 10 heteroatoms. The SMILES string of the molecule is COc1ccc([C@@H]2CC(=O)N(CC(=O)Nc3ccccc3C(F)(F)F)c3ccccc3S2)cc1OC. The maximum atomic E-state index is 13.3. The number of fused-ring (bicyclic) bond motifs is 1. The van der Waals surface area contributed by atoms with Crippen LogP contribution in [0.5, 0.6) is 11.5 Å². The summed E-state index contributed by atoms with van der Waals surface area (Å²) in [6.45, 7) is -0.429. The molecule has 0 bridgehead atoms. The highest BCUT2D eigenvalue weighted by Crippen LogP contribution is 2.47. The molecule has 1 atom stereocenters. The standard InChI is InChI=1S/C26H23F3N2O4S/c1-34-20-12-11-16(13-21(20)35-2)23-14-25(33)31(19-9-5-6-10-22(19)36-23)15-24(32)30-18-8-4-3-7-17(18)26(27,28)29/h3-13,23H,14-15H2,1-2H3,(H,30,32)/t23-/m0/s1. The van der Waals surface area contributed by atoms with Crippen molar-refractivity contribution in [2.45, 2.75) is 22.7 Å². The Labute approximate surface area is 210 Å². The average molecular weight is 517 g/mol. The van der Waals surface area contributed by atoms with Crippen LogP contribution in [0.4, 0.5) is 24.5 Å². The summed E-state index contributed by atoms with van der Waals surface area (Å²) in [5.41, 5.74) is 0.0501. The van der Waals surface area contributed by atoms with Crippen LogP contribution < -0.4 is 19.7 Å².